The average Bonchev–Trinajstić information content (AvgIpc) is 2.24. The molecule has 0 saturated heterocycles. The molecule has 3 N–H and O–H groups in total. The topological polar surface area (TPSA) is 89.4 Å². The van der Waals surface area contributed by atoms with Crippen molar-refractivity contribution in [3.63, 3.8) is 0 Å². The lowest BCUT2D eigenvalue weighted by atomic mass is 10.2. The number of nitrogens with one attached hydrogen (secondary N) is 1. The van der Waals surface area contributed by atoms with Gasteiger partial charge < -0.3 is 10.7 Å². The van der Waals surface area contributed by atoms with E-state index in [0.29, 0.717) is 11.3 Å². The molecular formula is C7H6N4. The highest BCUT2D eigenvalue weighted by Crippen LogP contribution is 2.17. The van der Waals surface area contributed by atoms with Crippen LogP contribution in [0.2, 0.25) is 0 Å². The molecular weight excluding hydrogens is 140 g/mol. The molecule has 4 heteroatoms. The van der Waals surface area contributed by atoms with Crippen LogP contribution in [0.25, 0.3) is 0 Å². The van der Waals surface area contributed by atoms with Crippen LogP contribution in [0, 0.1) is 29.6 Å². The number of aromatic nitrogens is 1. The standard InChI is InChI=1S/C7H6N4/c1-4-5(2-8)6(3-9)7(10)11-4/h11H,10H2,1H3. The summed E-state index contributed by atoms with van der Waals surface area (Å²) in [5.41, 5.74) is 6.62. The molecule has 1 heterocycles. The summed E-state index contributed by atoms with van der Waals surface area (Å²) in [5.74, 6) is 0.265. The van der Waals surface area contributed by atoms with Gasteiger partial charge in [-0.2, -0.15) is 10.5 Å². The van der Waals surface area contributed by atoms with Crippen molar-refractivity contribution in [2.75, 3.05) is 5.73 Å². The number of anilines is 1. The van der Waals surface area contributed by atoms with E-state index in [1.807, 2.05) is 12.1 Å². The molecule has 0 aliphatic carbocycles. The maximum atomic E-state index is 8.57. The van der Waals surface area contributed by atoms with Gasteiger partial charge in [0.1, 0.15) is 23.5 Å². The van der Waals surface area contributed by atoms with Crippen molar-refractivity contribution in [2.24, 2.45) is 0 Å². The molecule has 0 fully saturated rings. The third-order valence-corrected chi connectivity index (χ3v) is 1.44. The zero-order chi connectivity index (χ0) is 8.43. The lowest BCUT2D eigenvalue weighted by Crippen LogP contribution is -1.87. The van der Waals surface area contributed by atoms with Crippen LogP contribution in [0.3, 0.4) is 0 Å². The minimum atomic E-state index is 0.241. The van der Waals surface area contributed by atoms with E-state index in [1.165, 1.54) is 0 Å². The van der Waals surface area contributed by atoms with Crippen LogP contribution in [0.4, 0.5) is 5.82 Å². The van der Waals surface area contributed by atoms with Gasteiger partial charge in [0.25, 0.3) is 0 Å². The van der Waals surface area contributed by atoms with Crippen molar-refractivity contribution < 1.29 is 0 Å². The Balaban J connectivity index is 3.47. The highest BCUT2D eigenvalue weighted by Gasteiger charge is 2.10. The van der Waals surface area contributed by atoms with E-state index in [-0.39, 0.29) is 11.4 Å². The third kappa shape index (κ3) is 0.907. The molecule has 1 rings (SSSR count). The first kappa shape index (κ1) is 7.17. The molecule has 0 spiro atoms. The maximum absolute atomic E-state index is 8.57. The number of rotatable bonds is 0. The summed E-state index contributed by atoms with van der Waals surface area (Å²) in [5, 5.41) is 17.1. The van der Waals surface area contributed by atoms with Gasteiger partial charge in [-0.25, -0.2) is 0 Å². The summed E-state index contributed by atoms with van der Waals surface area (Å²) in [6, 6.07) is 3.76. The van der Waals surface area contributed by atoms with Crippen LogP contribution in [0.15, 0.2) is 0 Å². The molecule has 0 aliphatic heterocycles. The maximum Gasteiger partial charge on any atom is 0.120 e. The van der Waals surface area contributed by atoms with Crippen molar-refractivity contribution in [1.82, 2.24) is 4.98 Å². The monoisotopic (exact) mass is 146 g/mol. The van der Waals surface area contributed by atoms with Gasteiger partial charge in [-0.05, 0) is 6.92 Å². The van der Waals surface area contributed by atoms with Gasteiger partial charge in [0.05, 0.1) is 5.56 Å². The quantitative estimate of drug-likeness (QED) is 0.563. The smallest absolute Gasteiger partial charge is 0.120 e. The Kier molecular flexibility index (Phi) is 1.54. The van der Waals surface area contributed by atoms with E-state index in [1.54, 1.807) is 6.92 Å². The van der Waals surface area contributed by atoms with E-state index in [0.717, 1.165) is 0 Å². The van der Waals surface area contributed by atoms with Crippen molar-refractivity contribution >= 4 is 5.82 Å². The van der Waals surface area contributed by atoms with Crippen LogP contribution in [0.1, 0.15) is 16.8 Å². The van der Waals surface area contributed by atoms with Gasteiger partial charge in [-0.3, -0.25) is 0 Å². The van der Waals surface area contributed by atoms with E-state index < -0.39 is 0 Å². The van der Waals surface area contributed by atoms with Gasteiger partial charge >= 0.3 is 0 Å². The zero-order valence-electron chi connectivity index (χ0n) is 5.97. The predicted octanol–water partition coefficient (Wildman–Crippen LogP) is 0.649. The summed E-state index contributed by atoms with van der Waals surface area (Å²) in [4.78, 5) is 2.71. The van der Waals surface area contributed by atoms with E-state index in [2.05, 4.69) is 4.98 Å². The van der Waals surface area contributed by atoms with Crippen LogP contribution in [0.5, 0.6) is 0 Å². The Morgan fingerprint density at radius 3 is 2.18 bits per heavy atom. The summed E-state index contributed by atoms with van der Waals surface area (Å²) in [7, 11) is 0. The van der Waals surface area contributed by atoms with Crippen molar-refractivity contribution in [2.45, 2.75) is 6.92 Å². The fourth-order valence-corrected chi connectivity index (χ4v) is 0.905. The summed E-state index contributed by atoms with van der Waals surface area (Å²) in [6.45, 7) is 1.70. The zero-order valence-corrected chi connectivity index (χ0v) is 5.97. The Bertz CT molecular complexity index is 327. The molecule has 0 unspecified atom stereocenters. The molecule has 0 aromatic carbocycles. The summed E-state index contributed by atoms with van der Waals surface area (Å²) < 4.78 is 0. The van der Waals surface area contributed by atoms with Crippen molar-refractivity contribution in [3.8, 4) is 12.1 Å². The molecule has 1 aromatic heterocycles. The van der Waals surface area contributed by atoms with Gasteiger partial charge in [0.2, 0.25) is 0 Å². The number of nitrogens with two attached hydrogens (primary N) is 1. The molecule has 54 valence electrons. The first-order valence-electron chi connectivity index (χ1n) is 2.99. The van der Waals surface area contributed by atoms with Gasteiger partial charge in [-0.1, -0.05) is 0 Å². The number of aryl methyl sites for hydroxylation is 1. The molecule has 0 aliphatic rings. The van der Waals surface area contributed by atoms with Crippen LogP contribution < -0.4 is 5.73 Å². The number of hydrogen-bond donors (Lipinski definition) is 2. The fraction of sp³-hybridized carbons (Fsp3) is 0.143. The van der Waals surface area contributed by atoms with Crippen molar-refractivity contribution in [1.29, 1.82) is 10.5 Å². The Hall–Kier alpha value is -1.94. The van der Waals surface area contributed by atoms with Crippen molar-refractivity contribution in [3.05, 3.63) is 16.8 Å². The summed E-state index contributed by atoms with van der Waals surface area (Å²) >= 11 is 0. The fourth-order valence-electron chi connectivity index (χ4n) is 0.905. The Labute approximate surface area is 63.9 Å². The Morgan fingerprint density at radius 2 is 1.82 bits per heavy atom. The first-order valence-corrected chi connectivity index (χ1v) is 2.99. The molecule has 0 saturated carbocycles. The number of hydrogen-bond acceptors (Lipinski definition) is 3. The lowest BCUT2D eigenvalue weighted by molar-refractivity contribution is 1.26. The second kappa shape index (κ2) is 2.36. The highest BCUT2D eigenvalue weighted by molar-refractivity contribution is 5.61. The number of aromatic amines is 1. The number of nitriles is 2. The number of nitrogen functional groups attached to an aromatic ring is 1. The SMILES string of the molecule is Cc1[nH]c(N)c(C#N)c1C#N. The predicted molar refractivity (Wildman–Crippen MR) is 39.4 cm³/mol. The highest BCUT2D eigenvalue weighted by atomic mass is 14.9. The minimum Gasteiger partial charge on any atom is -0.384 e. The summed E-state index contributed by atoms with van der Waals surface area (Å²) in [6.07, 6.45) is 0. The normalized spacial score (nSPS) is 8.64. The molecule has 0 amide bonds. The third-order valence-electron chi connectivity index (χ3n) is 1.44. The van der Waals surface area contributed by atoms with Gasteiger partial charge in [0, 0.05) is 5.69 Å². The van der Waals surface area contributed by atoms with Gasteiger partial charge in [0.15, 0.2) is 0 Å². The molecule has 0 atom stereocenters. The molecule has 0 radical (unpaired) electrons. The van der Waals surface area contributed by atoms with E-state index in [4.69, 9.17) is 16.3 Å². The van der Waals surface area contributed by atoms with E-state index in [9.17, 15) is 0 Å². The molecule has 0 bridgehead atoms. The van der Waals surface area contributed by atoms with Crippen LogP contribution in [-0.2, 0) is 0 Å². The largest absolute Gasteiger partial charge is 0.384 e. The van der Waals surface area contributed by atoms with Gasteiger partial charge in [-0.15, -0.1) is 0 Å². The van der Waals surface area contributed by atoms with Crippen LogP contribution in [-0.4, -0.2) is 4.98 Å². The molecule has 1 aromatic rings. The first-order chi connectivity index (χ1) is 5.20. The average molecular weight is 146 g/mol. The minimum absolute atomic E-state index is 0.241. The molecule has 4 nitrogen and oxygen atoms in total. The van der Waals surface area contributed by atoms with Crippen LogP contribution >= 0.6 is 0 Å². The lowest BCUT2D eigenvalue weighted by Gasteiger charge is -1.82. The second-order valence-corrected chi connectivity index (χ2v) is 2.14. The number of H-pyrrole nitrogens is 1. The Morgan fingerprint density at radius 1 is 1.27 bits per heavy atom. The second-order valence-electron chi connectivity index (χ2n) is 2.14. The molecule has 11 heavy (non-hydrogen) atoms. The van der Waals surface area contributed by atoms with E-state index >= 15 is 0 Å². The number of nitrogens with zero attached hydrogens (tertiary/aromatic N) is 2.